The Labute approximate surface area is 126 Å². The van der Waals surface area contributed by atoms with Gasteiger partial charge in [-0.3, -0.25) is 4.79 Å². The number of furan rings is 1. The van der Waals surface area contributed by atoms with E-state index in [4.69, 9.17) is 14.7 Å². The largest absolute Gasteiger partial charge is 0.463 e. The number of nitrogen functional groups attached to an aromatic ring is 1. The average Bonchev–Trinajstić information content (AvgIpc) is 3.17. The molecule has 0 fully saturated rings. The molecule has 1 amide bonds. The minimum atomic E-state index is -0.332. The highest BCUT2D eigenvalue weighted by Crippen LogP contribution is 2.27. The SMILES string of the molecule is Nc1onc(-c2ccco2)c1C(=O)NCCc1ccccc1. The van der Waals surface area contributed by atoms with Gasteiger partial charge in [0.1, 0.15) is 5.56 Å². The molecule has 0 bridgehead atoms. The van der Waals surface area contributed by atoms with Crippen molar-refractivity contribution in [1.82, 2.24) is 10.5 Å². The van der Waals surface area contributed by atoms with Gasteiger partial charge in [-0.1, -0.05) is 35.5 Å². The molecule has 112 valence electrons. The van der Waals surface area contributed by atoms with Crippen LogP contribution in [0.4, 0.5) is 5.88 Å². The molecule has 0 aliphatic carbocycles. The zero-order chi connectivity index (χ0) is 15.4. The van der Waals surface area contributed by atoms with Crippen molar-refractivity contribution in [3.63, 3.8) is 0 Å². The van der Waals surface area contributed by atoms with Crippen LogP contribution in [0.25, 0.3) is 11.5 Å². The van der Waals surface area contributed by atoms with E-state index in [0.29, 0.717) is 18.0 Å². The first-order chi connectivity index (χ1) is 10.8. The van der Waals surface area contributed by atoms with Gasteiger partial charge < -0.3 is 20.0 Å². The molecule has 0 saturated heterocycles. The molecule has 2 aromatic heterocycles. The Morgan fingerprint density at radius 2 is 2.00 bits per heavy atom. The Morgan fingerprint density at radius 1 is 1.18 bits per heavy atom. The van der Waals surface area contributed by atoms with E-state index in [-0.39, 0.29) is 17.4 Å². The second-order valence-electron chi connectivity index (χ2n) is 4.74. The number of amides is 1. The third-order valence-electron chi connectivity index (χ3n) is 3.24. The van der Waals surface area contributed by atoms with Crippen molar-refractivity contribution in [3.05, 3.63) is 59.9 Å². The molecule has 1 aromatic carbocycles. The molecule has 0 unspecified atom stereocenters. The Bertz CT molecular complexity index is 748. The second-order valence-corrected chi connectivity index (χ2v) is 4.74. The quantitative estimate of drug-likeness (QED) is 0.754. The number of carbonyl (C=O) groups is 1. The fourth-order valence-corrected chi connectivity index (χ4v) is 2.16. The van der Waals surface area contributed by atoms with Crippen molar-refractivity contribution in [1.29, 1.82) is 0 Å². The number of nitrogens with one attached hydrogen (secondary N) is 1. The van der Waals surface area contributed by atoms with Crippen LogP contribution in [0.3, 0.4) is 0 Å². The first-order valence-electron chi connectivity index (χ1n) is 6.87. The average molecular weight is 297 g/mol. The Balaban J connectivity index is 1.69. The topological polar surface area (TPSA) is 94.3 Å². The summed E-state index contributed by atoms with van der Waals surface area (Å²) in [6, 6.07) is 13.3. The molecule has 0 radical (unpaired) electrons. The zero-order valence-corrected chi connectivity index (χ0v) is 11.8. The van der Waals surface area contributed by atoms with Crippen LogP contribution in [0.5, 0.6) is 0 Å². The lowest BCUT2D eigenvalue weighted by Gasteiger charge is -2.05. The van der Waals surface area contributed by atoms with Crippen molar-refractivity contribution >= 4 is 11.8 Å². The summed E-state index contributed by atoms with van der Waals surface area (Å²) in [6.07, 6.45) is 2.23. The molecule has 0 spiro atoms. The fourth-order valence-electron chi connectivity index (χ4n) is 2.16. The Morgan fingerprint density at radius 3 is 2.73 bits per heavy atom. The molecule has 0 atom stereocenters. The standard InChI is InChI=1S/C16H15N3O3/c17-15-13(14(19-22-15)12-7-4-10-21-12)16(20)18-9-8-11-5-2-1-3-6-11/h1-7,10H,8-9,17H2,(H,18,20). The molecule has 3 rings (SSSR count). The van der Waals surface area contributed by atoms with E-state index in [2.05, 4.69) is 10.5 Å². The van der Waals surface area contributed by atoms with Gasteiger partial charge >= 0.3 is 0 Å². The van der Waals surface area contributed by atoms with Gasteiger partial charge in [0.05, 0.1) is 6.26 Å². The Kier molecular flexibility index (Phi) is 3.91. The van der Waals surface area contributed by atoms with Gasteiger partial charge in [0, 0.05) is 6.54 Å². The number of benzene rings is 1. The monoisotopic (exact) mass is 297 g/mol. The molecule has 0 aliphatic rings. The second kappa shape index (κ2) is 6.17. The lowest BCUT2D eigenvalue weighted by Crippen LogP contribution is -2.26. The van der Waals surface area contributed by atoms with Gasteiger partial charge in [-0.2, -0.15) is 0 Å². The van der Waals surface area contributed by atoms with Crippen molar-refractivity contribution in [3.8, 4) is 11.5 Å². The summed E-state index contributed by atoms with van der Waals surface area (Å²) in [5.74, 6) is 0.0818. The molecular weight excluding hydrogens is 282 g/mol. The van der Waals surface area contributed by atoms with E-state index >= 15 is 0 Å². The highest BCUT2D eigenvalue weighted by Gasteiger charge is 2.23. The number of hydrogen-bond donors (Lipinski definition) is 2. The van der Waals surface area contributed by atoms with E-state index in [1.807, 2.05) is 30.3 Å². The van der Waals surface area contributed by atoms with Crippen LogP contribution in [0.2, 0.25) is 0 Å². The lowest BCUT2D eigenvalue weighted by molar-refractivity contribution is 0.0955. The molecule has 6 nitrogen and oxygen atoms in total. The molecule has 6 heteroatoms. The fraction of sp³-hybridized carbons (Fsp3) is 0.125. The predicted molar refractivity (Wildman–Crippen MR) is 81.1 cm³/mol. The summed E-state index contributed by atoms with van der Waals surface area (Å²) in [5, 5.41) is 6.61. The number of anilines is 1. The van der Waals surface area contributed by atoms with E-state index < -0.39 is 0 Å². The highest BCUT2D eigenvalue weighted by molar-refractivity contribution is 6.03. The van der Waals surface area contributed by atoms with Gasteiger partial charge in [0.2, 0.25) is 5.88 Å². The number of hydrogen-bond acceptors (Lipinski definition) is 5. The van der Waals surface area contributed by atoms with E-state index in [1.54, 1.807) is 12.1 Å². The molecule has 0 aliphatic heterocycles. The van der Waals surface area contributed by atoms with Crippen LogP contribution < -0.4 is 11.1 Å². The van der Waals surface area contributed by atoms with E-state index in [1.165, 1.54) is 6.26 Å². The first-order valence-corrected chi connectivity index (χ1v) is 6.87. The highest BCUT2D eigenvalue weighted by atomic mass is 16.5. The minimum absolute atomic E-state index is 0.0244. The maximum Gasteiger partial charge on any atom is 0.259 e. The molecule has 3 aromatic rings. The van der Waals surface area contributed by atoms with Crippen molar-refractivity contribution in [2.75, 3.05) is 12.3 Å². The van der Waals surface area contributed by atoms with Crippen molar-refractivity contribution in [2.24, 2.45) is 0 Å². The van der Waals surface area contributed by atoms with Crippen LogP contribution in [0.15, 0.2) is 57.7 Å². The first kappa shape index (κ1) is 13.9. The van der Waals surface area contributed by atoms with Gasteiger partial charge in [-0.05, 0) is 24.1 Å². The van der Waals surface area contributed by atoms with Crippen molar-refractivity contribution < 1.29 is 13.7 Å². The van der Waals surface area contributed by atoms with Crippen LogP contribution in [-0.4, -0.2) is 17.6 Å². The molecular formula is C16H15N3O3. The summed E-state index contributed by atoms with van der Waals surface area (Å²) in [6.45, 7) is 0.491. The molecule has 2 heterocycles. The summed E-state index contributed by atoms with van der Waals surface area (Å²) in [7, 11) is 0. The van der Waals surface area contributed by atoms with Gasteiger partial charge in [-0.25, -0.2) is 0 Å². The maximum atomic E-state index is 12.3. The number of nitrogens with two attached hydrogens (primary N) is 1. The molecule has 3 N–H and O–H groups in total. The minimum Gasteiger partial charge on any atom is -0.463 e. The van der Waals surface area contributed by atoms with Crippen LogP contribution in [-0.2, 0) is 6.42 Å². The normalized spacial score (nSPS) is 10.5. The maximum absolute atomic E-state index is 12.3. The van der Waals surface area contributed by atoms with Gasteiger partial charge in [0.15, 0.2) is 11.5 Å². The van der Waals surface area contributed by atoms with Crippen LogP contribution in [0, 0.1) is 0 Å². The third-order valence-corrected chi connectivity index (χ3v) is 3.24. The van der Waals surface area contributed by atoms with Crippen molar-refractivity contribution in [2.45, 2.75) is 6.42 Å². The molecule has 0 saturated carbocycles. The number of nitrogens with zero attached hydrogens (tertiary/aromatic N) is 1. The van der Waals surface area contributed by atoms with Gasteiger partial charge in [-0.15, -0.1) is 0 Å². The molecule has 22 heavy (non-hydrogen) atoms. The zero-order valence-electron chi connectivity index (χ0n) is 11.8. The van der Waals surface area contributed by atoms with E-state index in [0.717, 1.165) is 12.0 Å². The van der Waals surface area contributed by atoms with Crippen LogP contribution >= 0.6 is 0 Å². The Hall–Kier alpha value is -3.02. The lowest BCUT2D eigenvalue weighted by atomic mass is 10.1. The van der Waals surface area contributed by atoms with Crippen LogP contribution in [0.1, 0.15) is 15.9 Å². The predicted octanol–water partition coefficient (Wildman–Crippen LogP) is 2.49. The van der Waals surface area contributed by atoms with Gasteiger partial charge in [0.25, 0.3) is 5.91 Å². The summed E-state index contributed by atoms with van der Waals surface area (Å²) < 4.78 is 10.2. The smallest absolute Gasteiger partial charge is 0.259 e. The summed E-state index contributed by atoms with van der Waals surface area (Å²) in [4.78, 5) is 12.3. The number of rotatable bonds is 5. The third kappa shape index (κ3) is 2.85. The number of aromatic nitrogens is 1. The van der Waals surface area contributed by atoms with E-state index in [9.17, 15) is 4.79 Å². The summed E-state index contributed by atoms with van der Waals surface area (Å²) >= 11 is 0. The summed E-state index contributed by atoms with van der Waals surface area (Å²) in [5.41, 5.74) is 7.35. The number of carbonyl (C=O) groups excluding carboxylic acids is 1.